The average molecular weight is 175 g/mol. The van der Waals surface area contributed by atoms with Crippen molar-refractivity contribution in [2.45, 2.75) is 0 Å². The van der Waals surface area contributed by atoms with Crippen LogP contribution in [0.1, 0.15) is 0 Å². The van der Waals surface area contributed by atoms with Gasteiger partial charge in [0, 0.05) is 0 Å². The van der Waals surface area contributed by atoms with Crippen LogP contribution in [-0.4, -0.2) is 18.9 Å². The molecule has 12 heavy (non-hydrogen) atoms. The van der Waals surface area contributed by atoms with Crippen molar-refractivity contribution in [1.82, 2.24) is 0 Å². The fourth-order valence-corrected chi connectivity index (χ4v) is 0.495. The topological polar surface area (TPSA) is 0 Å². The first-order valence-electron chi connectivity index (χ1n) is 2.44. The zero-order chi connectivity index (χ0) is 8.59. The summed E-state index contributed by atoms with van der Waals surface area (Å²) >= 11 is 0. The molecule has 0 fully saturated rings. The van der Waals surface area contributed by atoms with Crippen LogP contribution in [-0.2, 0) is 0 Å². The Bertz CT molecular complexity index is 272. The summed E-state index contributed by atoms with van der Waals surface area (Å²) in [4.78, 5) is 0. The van der Waals surface area contributed by atoms with E-state index in [0.29, 0.717) is 0 Å². The summed E-state index contributed by atoms with van der Waals surface area (Å²) < 4.78 is 59.9. The molecule has 0 unspecified atom stereocenters. The van der Waals surface area contributed by atoms with Crippen LogP contribution in [0.25, 0.3) is 0 Å². The second-order valence-corrected chi connectivity index (χ2v) is 1.69. The van der Waals surface area contributed by atoms with Crippen LogP contribution in [0, 0.1) is 35.2 Å². The molecule has 0 atom stereocenters. The van der Waals surface area contributed by atoms with Crippen molar-refractivity contribution in [3.63, 3.8) is 0 Å². The van der Waals surface area contributed by atoms with Crippen molar-refractivity contribution in [3.05, 3.63) is 35.2 Å². The molecule has 1 aromatic rings. The third-order valence-electron chi connectivity index (χ3n) is 0.990. The quantitative estimate of drug-likeness (QED) is 0.243. The van der Waals surface area contributed by atoms with Gasteiger partial charge in [-0.2, -0.15) is 0 Å². The molecule has 1 rings (SSSR count). The molecule has 0 heterocycles. The fraction of sp³-hybridized carbons (Fsp3) is 0. The Labute approximate surface area is 76.6 Å². The van der Waals surface area contributed by atoms with Gasteiger partial charge in [-0.15, -0.1) is 0 Å². The van der Waals surface area contributed by atoms with E-state index in [1.54, 1.807) is 0 Å². The van der Waals surface area contributed by atoms with Gasteiger partial charge in [0.1, 0.15) is 0 Å². The van der Waals surface area contributed by atoms with Gasteiger partial charge in [-0.3, -0.25) is 0 Å². The molecule has 0 spiro atoms. The standard InChI is InChI=1S/C6F5.Li.H/c7-2-1-3(8)5(10)6(11)4(2)9;;. The summed E-state index contributed by atoms with van der Waals surface area (Å²) in [5.74, 6) is -10.0. The first kappa shape index (κ1) is 11.5. The van der Waals surface area contributed by atoms with E-state index >= 15 is 0 Å². The molecule has 6 heteroatoms. The van der Waals surface area contributed by atoms with Crippen LogP contribution in [0.5, 0.6) is 0 Å². The Morgan fingerprint density at radius 3 is 1.33 bits per heavy atom. The molecule has 0 nitrogen and oxygen atoms in total. The number of hydrogen-bond donors (Lipinski definition) is 0. The molecule has 0 aliphatic carbocycles. The molecule has 0 aromatic heterocycles. The third-order valence-corrected chi connectivity index (χ3v) is 0.990. The number of benzene rings is 1. The molecular weight excluding hydrogens is 174 g/mol. The normalized spacial score (nSPS) is 9.42. The van der Waals surface area contributed by atoms with E-state index in [1.807, 2.05) is 0 Å². The second-order valence-electron chi connectivity index (χ2n) is 1.69. The van der Waals surface area contributed by atoms with Crippen molar-refractivity contribution >= 4 is 18.9 Å². The summed E-state index contributed by atoms with van der Waals surface area (Å²) in [5, 5.41) is 0. The molecule has 1 radical (unpaired) electrons. The van der Waals surface area contributed by atoms with Gasteiger partial charge in [0.25, 0.3) is 0 Å². The van der Waals surface area contributed by atoms with Gasteiger partial charge in [0.2, 0.25) is 5.82 Å². The Kier molecular flexibility index (Phi) is 3.75. The van der Waals surface area contributed by atoms with E-state index in [2.05, 4.69) is 0 Å². The minimum atomic E-state index is -2.17. The third kappa shape index (κ3) is 1.79. The van der Waals surface area contributed by atoms with E-state index in [-0.39, 0.29) is 18.9 Å². The number of hydrogen-bond acceptors (Lipinski definition) is 0. The second kappa shape index (κ2) is 3.92. The van der Waals surface area contributed by atoms with Crippen molar-refractivity contribution < 1.29 is 22.0 Å². The number of halogens is 5. The van der Waals surface area contributed by atoms with Crippen LogP contribution >= 0.6 is 0 Å². The van der Waals surface area contributed by atoms with E-state index in [4.69, 9.17) is 0 Å². The maximum atomic E-state index is 12.0. The van der Waals surface area contributed by atoms with Gasteiger partial charge >= 0.3 is 18.9 Å². The maximum absolute atomic E-state index is 12.0. The van der Waals surface area contributed by atoms with Crippen LogP contribution in [0.2, 0.25) is 0 Å². The molecular formula is C6HF5Li. The molecule has 0 aliphatic rings. The molecule has 0 N–H and O–H groups in total. The monoisotopic (exact) mass is 175 g/mol. The molecule has 0 amide bonds. The molecule has 0 saturated carbocycles. The number of rotatable bonds is 0. The zero-order valence-electron chi connectivity index (χ0n) is 4.89. The minimum absolute atomic E-state index is 0. The van der Waals surface area contributed by atoms with Crippen LogP contribution in [0.4, 0.5) is 22.0 Å². The van der Waals surface area contributed by atoms with Crippen LogP contribution in [0.3, 0.4) is 0 Å². The Hall–Kier alpha value is -0.533. The van der Waals surface area contributed by atoms with Gasteiger partial charge in [-0.1, -0.05) is 0 Å². The summed E-state index contributed by atoms with van der Waals surface area (Å²) in [6.45, 7) is 0. The first-order valence-corrected chi connectivity index (χ1v) is 2.44. The summed E-state index contributed by atoms with van der Waals surface area (Å²) in [7, 11) is 0. The summed E-state index contributed by atoms with van der Waals surface area (Å²) in [6.07, 6.45) is 0. The van der Waals surface area contributed by atoms with Crippen LogP contribution < -0.4 is 0 Å². The van der Waals surface area contributed by atoms with Gasteiger partial charge in [-0.25, -0.2) is 22.0 Å². The van der Waals surface area contributed by atoms with E-state index < -0.39 is 29.1 Å². The predicted molar refractivity (Wildman–Crippen MR) is 32.2 cm³/mol. The van der Waals surface area contributed by atoms with Crippen molar-refractivity contribution in [3.8, 4) is 0 Å². The zero-order valence-corrected chi connectivity index (χ0v) is 4.89. The summed E-state index contributed by atoms with van der Waals surface area (Å²) in [5.41, 5.74) is 0. The van der Waals surface area contributed by atoms with E-state index in [0.717, 1.165) is 6.07 Å². The fourth-order valence-electron chi connectivity index (χ4n) is 0.495. The molecule has 0 aliphatic heterocycles. The molecule has 0 bridgehead atoms. The van der Waals surface area contributed by atoms with Crippen molar-refractivity contribution in [2.75, 3.05) is 0 Å². The SMILES string of the molecule is Fc1[c]c(F)c(F)c(F)c1F.[LiH]. The Morgan fingerprint density at radius 1 is 0.667 bits per heavy atom. The van der Waals surface area contributed by atoms with Gasteiger partial charge in [-0.05, 0) is 0 Å². The van der Waals surface area contributed by atoms with Gasteiger partial charge < -0.3 is 0 Å². The molecule has 61 valence electrons. The predicted octanol–water partition coefficient (Wildman–Crippen LogP) is 1.53. The average Bonchev–Trinajstić information content (AvgIpc) is 1.97. The molecule has 1 aromatic carbocycles. The Morgan fingerprint density at radius 2 is 1.00 bits per heavy atom. The summed E-state index contributed by atoms with van der Waals surface area (Å²) in [6, 6.07) is 1.02. The van der Waals surface area contributed by atoms with E-state index in [9.17, 15) is 22.0 Å². The van der Waals surface area contributed by atoms with Gasteiger partial charge in [0.05, 0.1) is 6.07 Å². The van der Waals surface area contributed by atoms with Crippen LogP contribution in [0.15, 0.2) is 0 Å². The van der Waals surface area contributed by atoms with E-state index in [1.165, 1.54) is 0 Å². The first-order chi connectivity index (χ1) is 5.04. The van der Waals surface area contributed by atoms with Gasteiger partial charge in [0.15, 0.2) is 23.3 Å². The van der Waals surface area contributed by atoms with Crippen molar-refractivity contribution in [1.29, 1.82) is 0 Å². The Balaban J connectivity index is 0.00000121. The van der Waals surface area contributed by atoms with Crippen molar-refractivity contribution in [2.24, 2.45) is 0 Å². The molecule has 0 saturated heterocycles.